The maximum absolute atomic E-state index is 13.0. The molecular weight excluding hydrogens is 378 g/mol. The first kappa shape index (κ1) is 19.2. The summed E-state index contributed by atoms with van der Waals surface area (Å²) in [6.07, 6.45) is 8.92. The van der Waals surface area contributed by atoms with Crippen LogP contribution in [-0.2, 0) is 9.53 Å². The topological polar surface area (TPSA) is 63.5 Å². The van der Waals surface area contributed by atoms with Crippen molar-refractivity contribution in [3.05, 3.63) is 35.9 Å². The Morgan fingerprint density at radius 1 is 1.14 bits per heavy atom. The summed E-state index contributed by atoms with van der Waals surface area (Å²) in [7, 11) is 0. The largest absolute Gasteiger partial charge is 0.372 e. The molecule has 4 heterocycles. The molecule has 2 aliphatic heterocycles. The van der Waals surface area contributed by atoms with E-state index in [0.29, 0.717) is 18.1 Å². The first-order chi connectivity index (χ1) is 13.5. The molecule has 0 spiro atoms. The van der Waals surface area contributed by atoms with Gasteiger partial charge in [0, 0.05) is 44.5 Å². The zero-order valence-electron chi connectivity index (χ0n) is 16.3. The van der Waals surface area contributed by atoms with Gasteiger partial charge in [0.05, 0.1) is 41.0 Å². The number of hydrogen-bond donors (Lipinski definition) is 0. The van der Waals surface area contributed by atoms with Crippen LogP contribution in [0.3, 0.4) is 0 Å². The summed E-state index contributed by atoms with van der Waals surface area (Å²) in [5.41, 5.74) is 1.96. The highest BCUT2D eigenvalue weighted by molar-refractivity contribution is 6.30. The molecule has 0 saturated carbocycles. The van der Waals surface area contributed by atoms with E-state index in [-0.39, 0.29) is 24.0 Å². The van der Waals surface area contributed by atoms with Crippen LogP contribution in [0.4, 0.5) is 5.69 Å². The minimum atomic E-state index is 0.0769. The Kier molecular flexibility index (Phi) is 5.55. The first-order valence-electron chi connectivity index (χ1n) is 9.85. The van der Waals surface area contributed by atoms with Gasteiger partial charge in [0.25, 0.3) is 0 Å². The molecule has 1 amide bonds. The normalized spacial score (nSPS) is 23.8. The SMILES string of the molecule is C[C@@H]1CN(C(=O)C2CCN(c3cnccc3-n3cc(Cl)cn3)CC2)C[C@H](C)O1. The lowest BCUT2D eigenvalue weighted by molar-refractivity contribution is -0.148. The van der Waals surface area contributed by atoms with Crippen LogP contribution in [0.2, 0.25) is 5.02 Å². The second kappa shape index (κ2) is 8.09. The molecule has 2 atom stereocenters. The third-order valence-electron chi connectivity index (χ3n) is 5.49. The Bertz CT molecular complexity index is 824. The van der Waals surface area contributed by atoms with E-state index in [1.54, 1.807) is 23.3 Å². The van der Waals surface area contributed by atoms with Gasteiger partial charge >= 0.3 is 0 Å². The summed E-state index contributed by atoms with van der Waals surface area (Å²) in [5.74, 6) is 0.347. The average molecular weight is 404 g/mol. The number of piperidine rings is 1. The van der Waals surface area contributed by atoms with Crippen LogP contribution in [-0.4, -0.2) is 64.0 Å². The lowest BCUT2D eigenvalue weighted by Gasteiger charge is -2.39. The van der Waals surface area contributed by atoms with Crippen LogP contribution in [0, 0.1) is 5.92 Å². The Morgan fingerprint density at radius 2 is 1.86 bits per heavy atom. The molecule has 2 aliphatic rings. The zero-order valence-corrected chi connectivity index (χ0v) is 17.0. The third-order valence-corrected chi connectivity index (χ3v) is 5.69. The highest BCUT2D eigenvalue weighted by atomic mass is 35.5. The quantitative estimate of drug-likeness (QED) is 0.788. The molecule has 2 aromatic heterocycles. The van der Waals surface area contributed by atoms with Crippen LogP contribution >= 0.6 is 11.6 Å². The van der Waals surface area contributed by atoms with Crippen molar-refractivity contribution in [3.63, 3.8) is 0 Å². The molecule has 0 bridgehead atoms. The van der Waals surface area contributed by atoms with Crippen molar-refractivity contribution < 1.29 is 9.53 Å². The summed E-state index contributed by atoms with van der Waals surface area (Å²) < 4.78 is 7.53. The molecular formula is C20H26ClN5O2. The Morgan fingerprint density at radius 3 is 2.50 bits per heavy atom. The Hall–Kier alpha value is -2.12. The van der Waals surface area contributed by atoms with Gasteiger partial charge in [-0.1, -0.05) is 11.6 Å². The number of morpholine rings is 1. The van der Waals surface area contributed by atoms with Gasteiger partial charge in [-0.3, -0.25) is 9.78 Å². The number of carbonyl (C=O) groups excluding carboxylic acids is 1. The summed E-state index contributed by atoms with van der Waals surface area (Å²) in [4.78, 5) is 21.6. The molecule has 0 radical (unpaired) electrons. The number of carbonyl (C=O) groups is 1. The van der Waals surface area contributed by atoms with Crippen LogP contribution in [0.5, 0.6) is 0 Å². The molecule has 28 heavy (non-hydrogen) atoms. The highest BCUT2D eigenvalue weighted by Gasteiger charge is 2.33. The van der Waals surface area contributed by atoms with Gasteiger partial charge in [-0.15, -0.1) is 0 Å². The highest BCUT2D eigenvalue weighted by Crippen LogP contribution is 2.29. The van der Waals surface area contributed by atoms with Crippen LogP contribution < -0.4 is 4.90 Å². The Labute approximate surface area is 170 Å². The average Bonchev–Trinajstić information content (AvgIpc) is 3.13. The maximum Gasteiger partial charge on any atom is 0.225 e. The molecule has 150 valence electrons. The van der Waals surface area contributed by atoms with E-state index in [4.69, 9.17) is 16.3 Å². The number of pyridine rings is 1. The van der Waals surface area contributed by atoms with Gasteiger partial charge in [-0.05, 0) is 32.8 Å². The van der Waals surface area contributed by atoms with Gasteiger partial charge in [-0.2, -0.15) is 5.10 Å². The molecule has 0 unspecified atom stereocenters. The number of halogens is 1. The standard InChI is InChI=1S/C20H26ClN5O2/c1-14-11-25(12-15(2)28-14)20(27)16-4-7-24(8-5-16)19-10-22-6-3-18(19)26-13-17(21)9-23-26/h3,6,9-10,13-16H,4-5,7-8,11-12H2,1-2H3/t14-,15+. The van der Waals surface area contributed by atoms with Crippen LogP contribution in [0.1, 0.15) is 26.7 Å². The van der Waals surface area contributed by atoms with Crippen molar-refractivity contribution in [2.75, 3.05) is 31.1 Å². The zero-order chi connectivity index (χ0) is 19.7. The fraction of sp³-hybridized carbons (Fsp3) is 0.550. The minimum absolute atomic E-state index is 0.0769. The molecule has 2 saturated heterocycles. The van der Waals surface area contributed by atoms with E-state index in [2.05, 4.69) is 15.0 Å². The van der Waals surface area contributed by atoms with Crippen molar-refractivity contribution in [1.29, 1.82) is 0 Å². The smallest absolute Gasteiger partial charge is 0.225 e. The molecule has 7 nitrogen and oxygen atoms in total. The molecule has 8 heteroatoms. The van der Waals surface area contributed by atoms with Gasteiger partial charge in [-0.25, -0.2) is 4.68 Å². The van der Waals surface area contributed by atoms with Crippen LogP contribution in [0.15, 0.2) is 30.9 Å². The predicted molar refractivity (Wildman–Crippen MR) is 108 cm³/mol. The summed E-state index contributed by atoms with van der Waals surface area (Å²) in [6, 6.07) is 1.94. The number of hydrogen-bond acceptors (Lipinski definition) is 5. The van der Waals surface area contributed by atoms with E-state index >= 15 is 0 Å². The molecule has 0 aliphatic carbocycles. The minimum Gasteiger partial charge on any atom is -0.372 e. The van der Waals surface area contributed by atoms with Crippen molar-refractivity contribution >= 4 is 23.2 Å². The summed E-state index contributed by atoms with van der Waals surface area (Å²) in [6.45, 7) is 7.08. The maximum atomic E-state index is 13.0. The van der Waals surface area contributed by atoms with E-state index in [1.165, 1.54) is 0 Å². The number of aromatic nitrogens is 3. The molecule has 0 aromatic carbocycles. The lowest BCUT2D eigenvalue weighted by Crippen LogP contribution is -2.51. The van der Waals surface area contributed by atoms with Gasteiger partial charge in [0.15, 0.2) is 0 Å². The monoisotopic (exact) mass is 403 g/mol. The molecule has 2 aromatic rings. The van der Waals surface area contributed by atoms with Gasteiger partial charge in [0.1, 0.15) is 0 Å². The molecule has 4 rings (SSSR count). The second-order valence-electron chi connectivity index (χ2n) is 7.73. The van der Waals surface area contributed by atoms with Gasteiger partial charge < -0.3 is 14.5 Å². The van der Waals surface area contributed by atoms with E-state index in [1.807, 2.05) is 31.0 Å². The Balaban J connectivity index is 1.43. The van der Waals surface area contributed by atoms with E-state index < -0.39 is 0 Å². The molecule has 0 N–H and O–H groups in total. The fourth-order valence-corrected chi connectivity index (χ4v) is 4.37. The van der Waals surface area contributed by atoms with Crippen molar-refractivity contribution in [1.82, 2.24) is 19.7 Å². The van der Waals surface area contributed by atoms with Crippen molar-refractivity contribution in [3.8, 4) is 5.69 Å². The number of rotatable bonds is 3. The second-order valence-corrected chi connectivity index (χ2v) is 8.17. The third kappa shape index (κ3) is 4.00. The van der Waals surface area contributed by atoms with Crippen LogP contribution in [0.25, 0.3) is 5.69 Å². The van der Waals surface area contributed by atoms with Gasteiger partial charge in [0.2, 0.25) is 5.91 Å². The number of anilines is 1. The van der Waals surface area contributed by atoms with E-state index in [9.17, 15) is 4.79 Å². The lowest BCUT2D eigenvalue weighted by atomic mass is 9.94. The summed E-state index contributed by atoms with van der Waals surface area (Å²) >= 11 is 6.03. The fourth-order valence-electron chi connectivity index (χ4n) is 4.23. The predicted octanol–water partition coefficient (Wildman–Crippen LogP) is 2.77. The number of nitrogens with zero attached hydrogens (tertiary/aromatic N) is 5. The number of ether oxygens (including phenoxy) is 1. The first-order valence-corrected chi connectivity index (χ1v) is 10.2. The molecule has 2 fully saturated rings. The van der Waals surface area contributed by atoms with E-state index in [0.717, 1.165) is 37.3 Å². The summed E-state index contributed by atoms with van der Waals surface area (Å²) in [5, 5.41) is 4.92. The van der Waals surface area contributed by atoms with Crippen molar-refractivity contribution in [2.45, 2.75) is 38.9 Å². The number of amides is 1. The van der Waals surface area contributed by atoms with Crippen molar-refractivity contribution in [2.24, 2.45) is 5.92 Å².